The van der Waals surface area contributed by atoms with E-state index in [2.05, 4.69) is 26.8 Å². The second-order valence-electron chi connectivity index (χ2n) is 6.44. The Bertz CT molecular complexity index is 308. The molecular weight excluding hydrogens is 212 g/mol. The first-order valence-electron chi connectivity index (χ1n) is 6.98. The van der Waals surface area contributed by atoms with Crippen LogP contribution in [0.3, 0.4) is 0 Å². The Morgan fingerprint density at radius 2 is 2.12 bits per heavy atom. The van der Waals surface area contributed by atoms with Gasteiger partial charge in [-0.2, -0.15) is 0 Å². The second-order valence-corrected chi connectivity index (χ2v) is 6.44. The summed E-state index contributed by atoms with van der Waals surface area (Å²) < 4.78 is 0. The molecule has 0 aromatic carbocycles. The lowest BCUT2D eigenvalue weighted by Gasteiger charge is -2.50. The number of hydrogen-bond acceptors (Lipinski definition) is 2. The Morgan fingerprint density at radius 3 is 2.71 bits per heavy atom. The molecule has 1 fully saturated rings. The van der Waals surface area contributed by atoms with Crippen molar-refractivity contribution in [2.45, 2.75) is 52.1 Å². The van der Waals surface area contributed by atoms with E-state index in [4.69, 9.17) is 0 Å². The van der Waals surface area contributed by atoms with Gasteiger partial charge in [0.2, 0.25) is 0 Å². The minimum absolute atomic E-state index is 0.0775. The van der Waals surface area contributed by atoms with Crippen LogP contribution in [0.25, 0.3) is 0 Å². The zero-order valence-electron chi connectivity index (χ0n) is 11.3. The molecule has 2 aliphatic carbocycles. The maximum atomic E-state index is 10.6. The van der Waals surface area contributed by atoms with Crippen molar-refractivity contribution in [2.75, 3.05) is 6.61 Å². The predicted octanol–water partition coefficient (Wildman–Crippen LogP) is 2.75. The van der Waals surface area contributed by atoms with Crippen LogP contribution >= 0.6 is 0 Å². The van der Waals surface area contributed by atoms with Crippen LogP contribution in [0, 0.1) is 23.7 Å². The maximum Gasteiger partial charge on any atom is 0.0911 e. The van der Waals surface area contributed by atoms with E-state index in [9.17, 15) is 10.2 Å². The Morgan fingerprint density at radius 1 is 1.41 bits per heavy atom. The molecule has 0 saturated heterocycles. The van der Waals surface area contributed by atoms with Crippen molar-refractivity contribution in [1.82, 2.24) is 0 Å². The summed E-state index contributed by atoms with van der Waals surface area (Å²) in [6.45, 7) is 6.68. The van der Waals surface area contributed by atoms with Gasteiger partial charge < -0.3 is 10.2 Å². The average molecular weight is 238 g/mol. The molecule has 0 aromatic rings. The van der Waals surface area contributed by atoms with Crippen molar-refractivity contribution in [2.24, 2.45) is 23.7 Å². The highest BCUT2D eigenvalue weighted by molar-refractivity contribution is 5.14. The molecule has 0 unspecified atom stereocenters. The Hall–Kier alpha value is -0.340. The van der Waals surface area contributed by atoms with Gasteiger partial charge in [-0.3, -0.25) is 0 Å². The number of aliphatic hydroxyl groups is 2. The van der Waals surface area contributed by atoms with Crippen LogP contribution in [0.4, 0.5) is 0 Å². The summed E-state index contributed by atoms with van der Waals surface area (Å²) in [6.07, 6.45) is 6.29. The SMILES string of the molecule is CC1=C[C@@H]2[C@@H](CC1)[C@@](O)(CO)CC[C@H]2C(C)C. The second kappa shape index (κ2) is 4.74. The molecule has 0 spiro atoms. The molecule has 0 aliphatic heterocycles. The number of aliphatic hydroxyl groups excluding tert-OH is 1. The molecule has 2 heteroatoms. The molecule has 0 aromatic heterocycles. The highest BCUT2D eigenvalue weighted by atomic mass is 16.3. The fraction of sp³-hybridized carbons (Fsp3) is 0.867. The highest BCUT2D eigenvalue weighted by Gasteiger charge is 2.48. The standard InChI is InChI=1S/C15H26O2/c1-10(2)12-6-7-15(17,9-16)14-5-4-11(3)8-13(12)14/h8,10,12-14,16-17H,4-7,9H2,1-3H3/t12-,13-,14+,15-/m0/s1. The van der Waals surface area contributed by atoms with E-state index in [1.165, 1.54) is 5.57 Å². The fourth-order valence-corrected chi connectivity index (χ4v) is 3.92. The fourth-order valence-electron chi connectivity index (χ4n) is 3.92. The van der Waals surface area contributed by atoms with E-state index >= 15 is 0 Å². The predicted molar refractivity (Wildman–Crippen MR) is 69.6 cm³/mol. The first kappa shape index (κ1) is 13.1. The Kier molecular flexibility index (Phi) is 3.65. The zero-order valence-corrected chi connectivity index (χ0v) is 11.3. The van der Waals surface area contributed by atoms with Crippen molar-refractivity contribution < 1.29 is 10.2 Å². The lowest BCUT2D eigenvalue weighted by atomic mass is 9.58. The van der Waals surface area contributed by atoms with Gasteiger partial charge in [0, 0.05) is 0 Å². The van der Waals surface area contributed by atoms with Crippen molar-refractivity contribution in [3.05, 3.63) is 11.6 Å². The topological polar surface area (TPSA) is 40.5 Å². The van der Waals surface area contributed by atoms with Crippen LogP contribution in [0.15, 0.2) is 11.6 Å². The van der Waals surface area contributed by atoms with Crippen LogP contribution in [-0.2, 0) is 0 Å². The smallest absolute Gasteiger partial charge is 0.0911 e. The van der Waals surface area contributed by atoms with E-state index in [-0.39, 0.29) is 12.5 Å². The molecule has 2 nitrogen and oxygen atoms in total. The lowest BCUT2D eigenvalue weighted by Crippen LogP contribution is -2.52. The van der Waals surface area contributed by atoms with Gasteiger partial charge in [0.15, 0.2) is 0 Å². The quantitative estimate of drug-likeness (QED) is 0.726. The van der Waals surface area contributed by atoms with Gasteiger partial charge in [-0.1, -0.05) is 25.5 Å². The summed E-state index contributed by atoms with van der Waals surface area (Å²) >= 11 is 0. The summed E-state index contributed by atoms with van der Waals surface area (Å²) in [7, 11) is 0. The number of fused-ring (bicyclic) bond motifs is 1. The van der Waals surface area contributed by atoms with Crippen LogP contribution in [0.2, 0.25) is 0 Å². The Balaban J connectivity index is 2.29. The molecule has 98 valence electrons. The average Bonchev–Trinajstić information content (AvgIpc) is 2.28. The summed E-state index contributed by atoms with van der Waals surface area (Å²) in [5.41, 5.74) is 0.631. The zero-order chi connectivity index (χ0) is 12.6. The molecule has 17 heavy (non-hydrogen) atoms. The normalized spacial score (nSPS) is 42.2. The summed E-state index contributed by atoms with van der Waals surface area (Å²) in [5, 5.41) is 20.1. The van der Waals surface area contributed by atoms with Gasteiger partial charge >= 0.3 is 0 Å². The van der Waals surface area contributed by atoms with E-state index in [0.29, 0.717) is 17.8 Å². The lowest BCUT2D eigenvalue weighted by molar-refractivity contribution is -0.122. The summed E-state index contributed by atoms with van der Waals surface area (Å²) in [4.78, 5) is 0. The van der Waals surface area contributed by atoms with Crippen LogP contribution < -0.4 is 0 Å². The van der Waals surface area contributed by atoms with E-state index in [1.807, 2.05) is 0 Å². The molecule has 2 aliphatic rings. The third kappa shape index (κ3) is 2.30. The van der Waals surface area contributed by atoms with Gasteiger partial charge in [-0.25, -0.2) is 0 Å². The van der Waals surface area contributed by atoms with E-state index in [1.54, 1.807) is 0 Å². The first-order chi connectivity index (χ1) is 7.98. The van der Waals surface area contributed by atoms with Crippen molar-refractivity contribution in [1.29, 1.82) is 0 Å². The number of rotatable bonds is 2. The van der Waals surface area contributed by atoms with Gasteiger partial charge in [-0.15, -0.1) is 0 Å². The summed E-state index contributed by atoms with van der Waals surface area (Å²) in [5.74, 6) is 2.06. The number of allylic oxidation sites excluding steroid dienone is 2. The molecule has 0 amide bonds. The van der Waals surface area contributed by atoms with E-state index < -0.39 is 5.60 Å². The largest absolute Gasteiger partial charge is 0.393 e. The van der Waals surface area contributed by atoms with Gasteiger partial charge in [0.05, 0.1) is 12.2 Å². The highest BCUT2D eigenvalue weighted by Crippen LogP contribution is 2.49. The minimum Gasteiger partial charge on any atom is -0.393 e. The third-order valence-electron chi connectivity index (χ3n) is 5.02. The molecule has 0 radical (unpaired) electrons. The maximum absolute atomic E-state index is 10.6. The molecule has 0 bridgehead atoms. The van der Waals surface area contributed by atoms with Crippen LogP contribution in [0.1, 0.15) is 46.5 Å². The van der Waals surface area contributed by atoms with E-state index in [0.717, 1.165) is 25.7 Å². The molecule has 2 rings (SSSR count). The van der Waals surface area contributed by atoms with Crippen LogP contribution in [-0.4, -0.2) is 22.4 Å². The van der Waals surface area contributed by atoms with Gasteiger partial charge in [0.1, 0.15) is 0 Å². The van der Waals surface area contributed by atoms with Crippen molar-refractivity contribution in [3.8, 4) is 0 Å². The molecule has 2 N–H and O–H groups in total. The molecule has 0 heterocycles. The van der Waals surface area contributed by atoms with Crippen molar-refractivity contribution >= 4 is 0 Å². The van der Waals surface area contributed by atoms with Crippen LogP contribution in [0.5, 0.6) is 0 Å². The number of hydrogen-bond donors (Lipinski definition) is 2. The van der Waals surface area contributed by atoms with Gasteiger partial charge in [0.25, 0.3) is 0 Å². The molecule has 4 atom stereocenters. The monoisotopic (exact) mass is 238 g/mol. The molecule has 1 saturated carbocycles. The Labute approximate surface area is 105 Å². The third-order valence-corrected chi connectivity index (χ3v) is 5.02. The van der Waals surface area contributed by atoms with Gasteiger partial charge in [-0.05, 0) is 56.3 Å². The summed E-state index contributed by atoms with van der Waals surface area (Å²) in [6, 6.07) is 0. The first-order valence-corrected chi connectivity index (χ1v) is 6.98. The van der Waals surface area contributed by atoms with Crippen molar-refractivity contribution in [3.63, 3.8) is 0 Å². The minimum atomic E-state index is -0.826. The molecular formula is C15H26O2.